The van der Waals surface area contributed by atoms with Gasteiger partial charge >= 0.3 is 0 Å². The quantitative estimate of drug-likeness (QED) is 0.113. The van der Waals surface area contributed by atoms with Gasteiger partial charge in [-0.2, -0.15) is 0 Å². The lowest BCUT2D eigenvalue weighted by atomic mass is 10.1. The highest BCUT2D eigenvalue weighted by molar-refractivity contribution is 8.76. The molecule has 2 amide bonds. The van der Waals surface area contributed by atoms with Crippen LogP contribution in [0.1, 0.15) is 56.0 Å². The predicted octanol–water partition coefficient (Wildman–Crippen LogP) is 3.58. The summed E-state index contributed by atoms with van der Waals surface area (Å²) in [6, 6.07) is 10.5. The minimum Gasteiger partial charge on any atom is -0.369 e. The van der Waals surface area contributed by atoms with Gasteiger partial charge in [0.05, 0.1) is 13.2 Å². The normalized spacial score (nSPS) is 11.7. The molecule has 33 heavy (non-hydrogen) atoms. The van der Waals surface area contributed by atoms with Crippen LogP contribution in [0.2, 0.25) is 0 Å². The highest BCUT2D eigenvalue weighted by atomic mass is 33.1. The molecular weight excluding hydrogens is 458 g/mol. The molecule has 0 aliphatic rings. The first-order valence-corrected chi connectivity index (χ1v) is 13.6. The lowest BCUT2D eigenvalue weighted by Crippen LogP contribution is -2.34. The van der Waals surface area contributed by atoms with Crippen molar-refractivity contribution in [2.24, 2.45) is 5.92 Å². The third kappa shape index (κ3) is 14.2. The van der Waals surface area contributed by atoms with Gasteiger partial charge in [-0.1, -0.05) is 74.3 Å². The first-order chi connectivity index (χ1) is 15.8. The number of carbonyl (C=O) groups is 2. The number of rotatable bonds is 15. The number of hydrogen-bond donors (Lipinski definition) is 3. The van der Waals surface area contributed by atoms with E-state index in [1.807, 2.05) is 38.1 Å². The van der Waals surface area contributed by atoms with E-state index >= 15 is 0 Å². The van der Waals surface area contributed by atoms with Crippen molar-refractivity contribution >= 4 is 33.4 Å². The van der Waals surface area contributed by atoms with Crippen molar-refractivity contribution < 1.29 is 19.1 Å². The minimum absolute atomic E-state index is 0.0614. The highest BCUT2D eigenvalue weighted by Crippen LogP contribution is 2.38. The van der Waals surface area contributed by atoms with Crippen LogP contribution in [0.4, 0.5) is 0 Å². The van der Waals surface area contributed by atoms with E-state index in [9.17, 15) is 9.59 Å². The van der Waals surface area contributed by atoms with Crippen molar-refractivity contribution in [3.63, 3.8) is 0 Å². The van der Waals surface area contributed by atoms with Gasteiger partial charge in [0, 0.05) is 42.4 Å². The molecule has 7 nitrogen and oxygen atoms in total. The topological polar surface area (TPSA) is 88.7 Å². The standard InChI is InChI=1S/C24H37N3O4S2/c1-6-32-33-24(31-16-15-30-17-22(28)26-12-11-18(2)3)21-9-7-20(8-10-21)23(29)27-14-13-25-19(4)5/h7-10,18-19,24-25H,6,13-17H2,1-5H3,(H,26,28)(H,27,29). The number of hydrogen-bond acceptors (Lipinski definition) is 7. The molecule has 0 aliphatic carbocycles. The third-order valence-electron chi connectivity index (χ3n) is 3.97. The van der Waals surface area contributed by atoms with E-state index in [2.05, 4.69) is 48.7 Å². The van der Waals surface area contributed by atoms with Crippen LogP contribution < -0.4 is 16.0 Å². The molecule has 0 fully saturated rings. The van der Waals surface area contributed by atoms with Gasteiger partial charge in [0.25, 0.3) is 11.8 Å². The van der Waals surface area contributed by atoms with Gasteiger partial charge in [0.1, 0.15) is 12.0 Å². The second-order valence-corrected chi connectivity index (χ2v) is 10.4. The van der Waals surface area contributed by atoms with Gasteiger partial charge < -0.3 is 20.1 Å². The van der Waals surface area contributed by atoms with Crippen molar-refractivity contribution in [1.82, 2.24) is 16.0 Å². The Bertz CT molecular complexity index is 761. The average Bonchev–Trinajstić information content (AvgIpc) is 2.78. The van der Waals surface area contributed by atoms with Gasteiger partial charge in [0.15, 0.2) is 0 Å². The molecule has 1 rings (SSSR count). The van der Waals surface area contributed by atoms with Crippen LogP contribution in [0.5, 0.6) is 0 Å². The highest BCUT2D eigenvalue weighted by Gasteiger charge is 2.14. The molecule has 184 valence electrons. The summed E-state index contributed by atoms with van der Waals surface area (Å²) in [6.07, 6.45) is 0. The Kier molecular flexibility index (Phi) is 15.8. The third-order valence-corrected chi connectivity index (χ3v) is 6.57. The van der Waals surface area contributed by atoms with E-state index in [1.165, 1.54) is 0 Å². The molecule has 0 bridgehead atoms. The summed E-state index contributed by atoms with van der Waals surface area (Å²) in [4.78, 5) is 24.0. The zero-order valence-corrected chi connectivity index (χ0v) is 21.9. The molecule has 1 aromatic rings. The van der Waals surface area contributed by atoms with Crippen molar-refractivity contribution in [2.45, 2.75) is 46.1 Å². The van der Waals surface area contributed by atoms with E-state index in [4.69, 9.17) is 9.47 Å². The van der Waals surface area contributed by atoms with E-state index in [0.717, 1.165) is 17.9 Å². The van der Waals surface area contributed by atoms with Crippen molar-refractivity contribution in [3.05, 3.63) is 35.4 Å². The number of ether oxygens (including phenoxy) is 2. The maximum atomic E-state index is 12.3. The number of amides is 2. The van der Waals surface area contributed by atoms with Crippen LogP contribution in [-0.2, 0) is 14.3 Å². The van der Waals surface area contributed by atoms with Crippen molar-refractivity contribution in [2.75, 3.05) is 38.7 Å². The molecule has 0 spiro atoms. The summed E-state index contributed by atoms with van der Waals surface area (Å²) >= 11 is 0. The zero-order chi connectivity index (χ0) is 24.5. The first-order valence-electron chi connectivity index (χ1n) is 11.2. The smallest absolute Gasteiger partial charge is 0.257 e. The van der Waals surface area contributed by atoms with Gasteiger partial charge in [-0.05, 0) is 17.7 Å². The van der Waals surface area contributed by atoms with Crippen LogP contribution >= 0.6 is 21.6 Å². The van der Waals surface area contributed by atoms with E-state index < -0.39 is 0 Å². The van der Waals surface area contributed by atoms with E-state index in [1.54, 1.807) is 21.6 Å². The number of carbonyl (C=O) groups excluding carboxylic acids is 2. The fourth-order valence-electron chi connectivity index (χ4n) is 2.41. The van der Waals surface area contributed by atoms with Crippen molar-refractivity contribution in [1.29, 1.82) is 0 Å². The predicted molar refractivity (Wildman–Crippen MR) is 138 cm³/mol. The van der Waals surface area contributed by atoms with E-state index in [0.29, 0.717) is 31.4 Å². The zero-order valence-electron chi connectivity index (χ0n) is 20.2. The lowest BCUT2D eigenvalue weighted by Gasteiger charge is -2.17. The Hall–Kier alpha value is -1.70. The maximum Gasteiger partial charge on any atom is 0.257 e. The fraction of sp³-hybridized carbons (Fsp3) is 0.583. The van der Waals surface area contributed by atoms with Crippen LogP contribution in [0.3, 0.4) is 0 Å². The molecule has 0 heterocycles. The second-order valence-electron chi connectivity index (χ2n) is 7.72. The lowest BCUT2D eigenvalue weighted by molar-refractivity contribution is -0.125. The molecule has 9 heteroatoms. The van der Waals surface area contributed by atoms with Gasteiger partial charge in [-0.15, -0.1) is 0 Å². The second kappa shape index (κ2) is 17.7. The molecular formula is C24H37N3O4S2. The Morgan fingerprint density at radius 1 is 1.06 bits per heavy atom. The molecule has 0 aliphatic heterocycles. The SMILES string of the molecule is CCSSC(OCCOCC(=O)NC#CC(C)C)c1ccc(C(=O)NCCNC(C)C)cc1. The largest absolute Gasteiger partial charge is 0.369 e. The average molecular weight is 496 g/mol. The van der Waals surface area contributed by atoms with Crippen LogP contribution in [-0.4, -0.2) is 56.5 Å². The summed E-state index contributed by atoms with van der Waals surface area (Å²) in [5.74, 6) is 3.64. The molecule has 0 radical (unpaired) electrons. The van der Waals surface area contributed by atoms with Gasteiger partial charge in [-0.25, -0.2) is 0 Å². The van der Waals surface area contributed by atoms with Gasteiger partial charge in [0.2, 0.25) is 0 Å². The molecule has 1 atom stereocenters. The fourth-order valence-corrected chi connectivity index (χ4v) is 4.36. The summed E-state index contributed by atoms with van der Waals surface area (Å²) in [6.45, 7) is 12.0. The Balaban J connectivity index is 2.47. The Morgan fingerprint density at radius 2 is 1.79 bits per heavy atom. The number of nitrogens with one attached hydrogen (secondary N) is 3. The monoisotopic (exact) mass is 495 g/mol. The van der Waals surface area contributed by atoms with Crippen LogP contribution in [0.25, 0.3) is 0 Å². The summed E-state index contributed by atoms with van der Waals surface area (Å²) in [7, 11) is 3.32. The van der Waals surface area contributed by atoms with Gasteiger partial charge in [-0.3, -0.25) is 14.9 Å². The van der Waals surface area contributed by atoms with Crippen LogP contribution in [0.15, 0.2) is 24.3 Å². The molecule has 1 aromatic carbocycles. The Morgan fingerprint density at radius 3 is 2.42 bits per heavy atom. The molecule has 0 saturated heterocycles. The Labute approximate surface area is 206 Å². The summed E-state index contributed by atoms with van der Waals surface area (Å²) in [5, 5.41) is 8.68. The van der Waals surface area contributed by atoms with Crippen LogP contribution in [0, 0.1) is 17.9 Å². The molecule has 3 N–H and O–H groups in total. The maximum absolute atomic E-state index is 12.3. The number of benzene rings is 1. The first kappa shape index (κ1) is 29.3. The summed E-state index contributed by atoms with van der Waals surface area (Å²) in [5.41, 5.74) is 1.39. The van der Waals surface area contributed by atoms with E-state index in [-0.39, 0.29) is 29.8 Å². The van der Waals surface area contributed by atoms with Crippen molar-refractivity contribution in [3.8, 4) is 12.0 Å². The molecule has 0 saturated carbocycles. The molecule has 0 aromatic heterocycles. The summed E-state index contributed by atoms with van der Waals surface area (Å²) < 4.78 is 11.4. The molecule has 1 unspecified atom stereocenters. The minimum atomic E-state index is -0.274.